The van der Waals surface area contributed by atoms with Crippen LogP contribution in [0, 0.1) is 34.0 Å². The van der Waals surface area contributed by atoms with Crippen molar-refractivity contribution in [1.29, 1.82) is 0 Å². The molecule has 0 radical (unpaired) electrons. The van der Waals surface area contributed by atoms with Crippen molar-refractivity contribution in [3.63, 3.8) is 0 Å². The number of esters is 1. The standard InChI is InChI=1S/C33H46O5/c1-20(2)10-11-25-17-23(13-16-38-22(5)34)18-32-19-24-9-8-14-31(6,7)26(24)12-15-33(25,32)29(36)27(21(3)4)28(35)30(32)37/h9-10,17,21,25-26,35H,8,11-16,18-19H2,1-7H3/t25?,26-,32+,33+/m1/s1. The van der Waals surface area contributed by atoms with Gasteiger partial charge in [0.1, 0.15) is 0 Å². The SMILES string of the molecule is CC(=O)OCCC1=CC(CC=C(C)C)[C@]23CC[C@@H]4C(=CCCC4(C)C)C[C@@]2(C1)C(=O)C(O)=C(C(C)C)C3=O. The van der Waals surface area contributed by atoms with Gasteiger partial charge in [0.05, 0.1) is 17.4 Å². The van der Waals surface area contributed by atoms with Crippen LogP contribution in [0.5, 0.6) is 0 Å². The van der Waals surface area contributed by atoms with E-state index in [1.165, 1.54) is 18.1 Å². The normalized spacial score (nSPS) is 32.4. The Kier molecular flexibility index (Phi) is 7.73. The van der Waals surface area contributed by atoms with Gasteiger partial charge in [0, 0.05) is 18.9 Å². The fourth-order valence-electron chi connectivity index (χ4n) is 8.20. The Labute approximate surface area is 228 Å². The Hall–Kier alpha value is -2.43. The lowest BCUT2D eigenvalue weighted by molar-refractivity contribution is -0.157. The summed E-state index contributed by atoms with van der Waals surface area (Å²) in [5.74, 6) is -1.02. The Morgan fingerprint density at radius 2 is 1.84 bits per heavy atom. The summed E-state index contributed by atoms with van der Waals surface area (Å²) in [6.45, 7) is 14.2. The maximum atomic E-state index is 14.8. The van der Waals surface area contributed by atoms with Gasteiger partial charge < -0.3 is 9.84 Å². The van der Waals surface area contributed by atoms with Crippen molar-refractivity contribution in [2.45, 2.75) is 99.8 Å². The molecule has 0 aliphatic heterocycles. The third-order valence-corrected chi connectivity index (χ3v) is 10.0. The van der Waals surface area contributed by atoms with Crippen molar-refractivity contribution in [3.8, 4) is 0 Å². The molecule has 5 nitrogen and oxygen atoms in total. The number of ether oxygens (including phenoxy) is 1. The lowest BCUT2D eigenvalue weighted by Crippen LogP contribution is -2.61. The zero-order chi connectivity index (χ0) is 28.0. The molecule has 0 aromatic heterocycles. The molecule has 1 saturated carbocycles. The second kappa shape index (κ2) is 10.3. The third-order valence-electron chi connectivity index (χ3n) is 10.0. The van der Waals surface area contributed by atoms with Crippen LogP contribution in [0.4, 0.5) is 0 Å². The van der Waals surface area contributed by atoms with Gasteiger partial charge in [-0.2, -0.15) is 0 Å². The summed E-state index contributed by atoms with van der Waals surface area (Å²) in [5, 5.41) is 11.4. The van der Waals surface area contributed by atoms with E-state index in [4.69, 9.17) is 4.74 Å². The highest BCUT2D eigenvalue weighted by Gasteiger charge is 2.69. The lowest BCUT2D eigenvalue weighted by Gasteiger charge is -2.57. The monoisotopic (exact) mass is 522 g/mol. The first-order valence-electron chi connectivity index (χ1n) is 14.4. The largest absolute Gasteiger partial charge is 0.504 e. The second-order valence-electron chi connectivity index (χ2n) is 13.4. The molecule has 0 bridgehead atoms. The van der Waals surface area contributed by atoms with Crippen LogP contribution in [-0.4, -0.2) is 29.2 Å². The number of Topliss-reactive ketones (excluding diaryl/α,β-unsaturated/α-hetero) is 2. The molecule has 1 unspecified atom stereocenters. The van der Waals surface area contributed by atoms with Crippen molar-refractivity contribution in [2.24, 2.45) is 34.0 Å². The number of carbonyl (C=O) groups is 3. The summed E-state index contributed by atoms with van der Waals surface area (Å²) in [7, 11) is 0. The number of carbonyl (C=O) groups excluding carboxylic acids is 3. The number of hydrogen-bond donors (Lipinski definition) is 1. The maximum absolute atomic E-state index is 14.8. The van der Waals surface area contributed by atoms with Crippen LogP contribution in [0.3, 0.4) is 0 Å². The summed E-state index contributed by atoms with van der Waals surface area (Å²) in [5.41, 5.74) is 1.98. The van der Waals surface area contributed by atoms with Gasteiger partial charge in [-0.3, -0.25) is 14.4 Å². The molecule has 208 valence electrons. The Bertz CT molecular complexity index is 1140. The zero-order valence-corrected chi connectivity index (χ0v) is 24.4. The van der Waals surface area contributed by atoms with Gasteiger partial charge >= 0.3 is 5.97 Å². The average molecular weight is 523 g/mol. The first-order chi connectivity index (χ1) is 17.8. The molecular weight excluding hydrogens is 476 g/mol. The number of aliphatic hydroxyl groups excluding tert-OH is 1. The van der Waals surface area contributed by atoms with Crippen LogP contribution >= 0.6 is 0 Å². The molecule has 1 N–H and O–H groups in total. The van der Waals surface area contributed by atoms with Crippen LogP contribution in [0.15, 0.2) is 46.3 Å². The Morgan fingerprint density at radius 1 is 1.13 bits per heavy atom. The predicted molar refractivity (Wildman–Crippen MR) is 149 cm³/mol. The lowest BCUT2D eigenvalue weighted by atomic mass is 9.43. The molecule has 4 aliphatic carbocycles. The van der Waals surface area contributed by atoms with Gasteiger partial charge in [0.15, 0.2) is 11.5 Å². The molecule has 0 saturated heterocycles. The van der Waals surface area contributed by atoms with E-state index in [2.05, 4.69) is 45.9 Å². The van der Waals surface area contributed by atoms with Crippen molar-refractivity contribution in [3.05, 3.63) is 46.3 Å². The van der Waals surface area contributed by atoms with E-state index in [1.807, 2.05) is 13.8 Å². The molecule has 4 aliphatic rings. The molecule has 5 heteroatoms. The van der Waals surface area contributed by atoms with Crippen molar-refractivity contribution in [1.82, 2.24) is 0 Å². The molecule has 0 heterocycles. The highest BCUT2D eigenvalue weighted by molar-refractivity contribution is 6.17. The molecule has 0 aromatic rings. The van der Waals surface area contributed by atoms with Gasteiger partial charge in [0.2, 0.25) is 5.78 Å². The number of fused-ring (bicyclic) bond motifs is 1. The topological polar surface area (TPSA) is 80.7 Å². The quantitative estimate of drug-likeness (QED) is 0.291. The van der Waals surface area contributed by atoms with E-state index < -0.39 is 10.8 Å². The molecule has 4 rings (SSSR count). The summed E-state index contributed by atoms with van der Waals surface area (Å²) in [4.78, 5) is 40.8. The minimum absolute atomic E-state index is 0.0240. The summed E-state index contributed by atoms with van der Waals surface area (Å²) >= 11 is 0. The highest BCUT2D eigenvalue weighted by atomic mass is 16.5. The van der Waals surface area contributed by atoms with Crippen LogP contribution in [-0.2, 0) is 19.1 Å². The van der Waals surface area contributed by atoms with E-state index in [0.29, 0.717) is 43.6 Å². The number of hydrogen-bond acceptors (Lipinski definition) is 5. The van der Waals surface area contributed by atoms with Gasteiger partial charge in [-0.25, -0.2) is 0 Å². The molecule has 0 spiro atoms. The van der Waals surface area contributed by atoms with Crippen molar-refractivity contribution < 1.29 is 24.2 Å². The van der Waals surface area contributed by atoms with Gasteiger partial charge in [-0.05, 0) is 82.0 Å². The zero-order valence-electron chi connectivity index (χ0n) is 24.4. The van der Waals surface area contributed by atoms with Gasteiger partial charge in [0.25, 0.3) is 0 Å². The van der Waals surface area contributed by atoms with Crippen LogP contribution in [0.25, 0.3) is 0 Å². The first kappa shape index (κ1) is 28.6. The summed E-state index contributed by atoms with van der Waals surface area (Å²) in [6.07, 6.45) is 12.4. The first-order valence-corrected chi connectivity index (χ1v) is 14.4. The van der Waals surface area contributed by atoms with E-state index in [9.17, 15) is 19.5 Å². The van der Waals surface area contributed by atoms with E-state index in [0.717, 1.165) is 24.8 Å². The molecular formula is C33H46O5. The van der Waals surface area contributed by atoms with E-state index in [1.54, 1.807) is 0 Å². The predicted octanol–water partition coefficient (Wildman–Crippen LogP) is 7.38. The highest BCUT2D eigenvalue weighted by Crippen LogP contribution is 2.68. The molecule has 38 heavy (non-hydrogen) atoms. The summed E-state index contributed by atoms with van der Waals surface area (Å²) in [6, 6.07) is 0. The van der Waals surface area contributed by atoms with E-state index in [-0.39, 0.29) is 47.2 Å². The smallest absolute Gasteiger partial charge is 0.302 e. The van der Waals surface area contributed by atoms with Gasteiger partial charge in [-0.1, -0.05) is 62.6 Å². The molecule has 0 amide bonds. The minimum atomic E-state index is -1.03. The molecule has 1 fully saturated rings. The fraction of sp³-hybridized carbons (Fsp3) is 0.667. The fourth-order valence-corrected chi connectivity index (χ4v) is 8.20. The Balaban J connectivity index is 1.96. The second-order valence-corrected chi connectivity index (χ2v) is 13.4. The van der Waals surface area contributed by atoms with Crippen LogP contribution in [0.2, 0.25) is 0 Å². The van der Waals surface area contributed by atoms with Gasteiger partial charge in [-0.15, -0.1) is 0 Å². The number of ketones is 2. The van der Waals surface area contributed by atoms with Crippen molar-refractivity contribution in [2.75, 3.05) is 6.61 Å². The molecule has 0 aromatic carbocycles. The number of allylic oxidation sites excluding steroid dienone is 7. The molecule has 4 atom stereocenters. The summed E-state index contributed by atoms with van der Waals surface area (Å²) < 4.78 is 5.29. The van der Waals surface area contributed by atoms with Crippen LogP contribution in [0.1, 0.15) is 99.8 Å². The van der Waals surface area contributed by atoms with Crippen molar-refractivity contribution >= 4 is 17.5 Å². The number of rotatable bonds is 6. The van der Waals surface area contributed by atoms with E-state index >= 15 is 0 Å². The minimum Gasteiger partial charge on any atom is -0.504 e. The Morgan fingerprint density at radius 3 is 2.47 bits per heavy atom. The average Bonchev–Trinajstić information content (AvgIpc) is 2.97. The van der Waals surface area contributed by atoms with Crippen LogP contribution < -0.4 is 0 Å². The third kappa shape index (κ3) is 4.54. The maximum Gasteiger partial charge on any atom is 0.302 e. The number of aliphatic hydroxyl groups is 1.